The fraction of sp³-hybridized carbons (Fsp3) is 0.556. The minimum absolute atomic E-state index is 0.670. The van der Waals surface area contributed by atoms with Crippen LogP contribution in [-0.4, -0.2) is 25.7 Å². The Labute approximate surface area is 74.0 Å². The molecule has 0 spiro atoms. The van der Waals surface area contributed by atoms with Crippen molar-refractivity contribution in [2.75, 3.05) is 0 Å². The van der Waals surface area contributed by atoms with E-state index in [2.05, 4.69) is 16.8 Å². The van der Waals surface area contributed by atoms with Crippen LogP contribution in [-0.2, 0) is 0 Å². The summed E-state index contributed by atoms with van der Waals surface area (Å²) in [6.07, 6.45) is 1.11. The van der Waals surface area contributed by atoms with Gasteiger partial charge in [0.1, 0.15) is 0 Å². The second kappa shape index (κ2) is 3.45. The van der Waals surface area contributed by atoms with Gasteiger partial charge in [0.05, 0.1) is 0 Å². The maximum atomic E-state index is 9.28. The van der Waals surface area contributed by atoms with Gasteiger partial charge in [-0.15, -0.1) is 0 Å². The summed E-state index contributed by atoms with van der Waals surface area (Å²) in [7, 11) is 0. The number of hydrogen-bond donors (Lipinski definition) is 1. The topological polar surface area (TPSA) is 20.2 Å². The number of allylic oxidation sites excluding steroid dienone is 1. The summed E-state index contributed by atoms with van der Waals surface area (Å²) >= 11 is 0.670. The Morgan fingerprint density at radius 3 is 2.82 bits per heavy atom. The molecule has 0 aliphatic carbocycles. The van der Waals surface area contributed by atoms with Gasteiger partial charge < -0.3 is 0 Å². The van der Waals surface area contributed by atoms with Gasteiger partial charge in [-0.05, 0) is 0 Å². The van der Waals surface area contributed by atoms with E-state index in [-0.39, 0.29) is 0 Å². The van der Waals surface area contributed by atoms with Gasteiger partial charge in [0.25, 0.3) is 0 Å². The molecule has 0 unspecified atom stereocenters. The van der Waals surface area contributed by atoms with Gasteiger partial charge in [0.2, 0.25) is 0 Å². The molecule has 0 saturated carbocycles. The molecule has 0 bridgehead atoms. The van der Waals surface area contributed by atoms with Gasteiger partial charge in [0.15, 0.2) is 0 Å². The number of hydrogen-bond acceptors (Lipinski definition) is 1. The van der Waals surface area contributed by atoms with Crippen LogP contribution in [0.3, 0.4) is 0 Å². The van der Waals surface area contributed by atoms with E-state index in [1.54, 1.807) is 13.8 Å². The standard InChI is InChI=1S/C9H12OSe/c1-9(2,10)5-3-8-4-6-11-7-8/h7,10H,4,6H2,1-2H3. The van der Waals surface area contributed by atoms with Crippen molar-refractivity contribution in [1.82, 2.24) is 0 Å². The van der Waals surface area contributed by atoms with Gasteiger partial charge in [-0.3, -0.25) is 0 Å². The van der Waals surface area contributed by atoms with Crippen LogP contribution in [0.15, 0.2) is 10.5 Å². The summed E-state index contributed by atoms with van der Waals surface area (Å²) in [4.78, 5) is 2.21. The van der Waals surface area contributed by atoms with Crippen molar-refractivity contribution in [2.45, 2.75) is 31.2 Å². The normalized spacial score (nSPS) is 17.2. The Bertz CT molecular complexity index is 224. The van der Waals surface area contributed by atoms with Crippen molar-refractivity contribution in [3.05, 3.63) is 10.5 Å². The van der Waals surface area contributed by atoms with Gasteiger partial charge in [-0.25, -0.2) is 0 Å². The molecule has 0 saturated heterocycles. The Morgan fingerprint density at radius 2 is 2.36 bits per heavy atom. The van der Waals surface area contributed by atoms with Gasteiger partial charge in [0, 0.05) is 0 Å². The van der Waals surface area contributed by atoms with Crippen LogP contribution in [0.4, 0.5) is 0 Å². The first-order chi connectivity index (χ1) is 5.08. The summed E-state index contributed by atoms with van der Waals surface area (Å²) in [5.74, 6) is 5.81. The van der Waals surface area contributed by atoms with Crippen LogP contribution in [0, 0.1) is 11.8 Å². The predicted octanol–water partition coefficient (Wildman–Crippen LogP) is 1.17. The average Bonchev–Trinajstić information content (AvgIpc) is 2.32. The van der Waals surface area contributed by atoms with E-state index in [1.165, 1.54) is 10.9 Å². The molecule has 1 N–H and O–H groups in total. The van der Waals surface area contributed by atoms with E-state index in [0.29, 0.717) is 15.0 Å². The fourth-order valence-corrected chi connectivity index (χ4v) is 2.46. The third-order valence-corrected chi connectivity index (χ3v) is 3.11. The van der Waals surface area contributed by atoms with Crippen molar-refractivity contribution in [2.24, 2.45) is 0 Å². The van der Waals surface area contributed by atoms with Crippen molar-refractivity contribution in [1.29, 1.82) is 0 Å². The minimum atomic E-state index is -0.837. The van der Waals surface area contributed by atoms with Crippen molar-refractivity contribution in [3.63, 3.8) is 0 Å². The Balaban J connectivity index is 2.56. The van der Waals surface area contributed by atoms with Gasteiger partial charge in [-0.1, -0.05) is 0 Å². The molecule has 1 nitrogen and oxygen atoms in total. The molecule has 2 heteroatoms. The first-order valence-corrected chi connectivity index (χ1v) is 5.84. The summed E-state index contributed by atoms with van der Waals surface area (Å²) in [5.41, 5.74) is 0.378. The number of aliphatic hydroxyl groups is 1. The van der Waals surface area contributed by atoms with Crippen LogP contribution in [0.5, 0.6) is 0 Å². The zero-order chi connectivity index (χ0) is 8.32. The summed E-state index contributed by atoms with van der Waals surface area (Å²) < 4.78 is 0. The SMILES string of the molecule is CC(C)(O)C#CC1=C[Se]CC1. The van der Waals surface area contributed by atoms with E-state index in [1.807, 2.05) is 0 Å². The molecule has 0 fully saturated rings. The molecule has 0 radical (unpaired) electrons. The third-order valence-electron chi connectivity index (χ3n) is 1.24. The second-order valence-corrected chi connectivity index (χ2v) is 5.12. The molecule has 0 aromatic carbocycles. The molecule has 1 heterocycles. The van der Waals surface area contributed by atoms with Crippen LogP contribution < -0.4 is 0 Å². The van der Waals surface area contributed by atoms with Crippen LogP contribution in [0.1, 0.15) is 20.3 Å². The molecular formula is C9H12OSe. The zero-order valence-electron chi connectivity index (χ0n) is 6.85. The quantitative estimate of drug-likeness (QED) is 0.475. The molecule has 0 amide bonds. The van der Waals surface area contributed by atoms with Crippen molar-refractivity contribution < 1.29 is 5.11 Å². The second-order valence-electron chi connectivity index (χ2n) is 3.07. The van der Waals surface area contributed by atoms with Crippen LogP contribution >= 0.6 is 0 Å². The Kier molecular flexibility index (Phi) is 2.78. The number of rotatable bonds is 0. The van der Waals surface area contributed by atoms with Gasteiger partial charge in [-0.2, -0.15) is 0 Å². The maximum absolute atomic E-state index is 9.28. The van der Waals surface area contributed by atoms with Crippen LogP contribution in [0.2, 0.25) is 5.32 Å². The first-order valence-electron chi connectivity index (χ1n) is 3.64. The molecule has 0 aromatic heterocycles. The zero-order valence-corrected chi connectivity index (χ0v) is 8.56. The molecule has 1 rings (SSSR count). The Morgan fingerprint density at radius 1 is 1.64 bits per heavy atom. The molecular weight excluding hydrogens is 203 g/mol. The predicted molar refractivity (Wildman–Crippen MR) is 47.3 cm³/mol. The van der Waals surface area contributed by atoms with E-state index in [4.69, 9.17) is 0 Å². The molecule has 11 heavy (non-hydrogen) atoms. The van der Waals surface area contributed by atoms with Crippen molar-refractivity contribution in [3.8, 4) is 11.8 Å². The third kappa shape index (κ3) is 3.62. The van der Waals surface area contributed by atoms with Crippen molar-refractivity contribution >= 4 is 15.0 Å². The van der Waals surface area contributed by atoms with E-state index >= 15 is 0 Å². The summed E-state index contributed by atoms with van der Waals surface area (Å²) in [5, 5.41) is 10.6. The first kappa shape index (κ1) is 8.87. The van der Waals surface area contributed by atoms with E-state index in [0.717, 1.165) is 6.42 Å². The Hall–Kier alpha value is -0.221. The van der Waals surface area contributed by atoms with E-state index < -0.39 is 5.60 Å². The fourth-order valence-electron chi connectivity index (χ4n) is 0.713. The molecule has 0 atom stereocenters. The van der Waals surface area contributed by atoms with Gasteiger partial charge >= 0.3 is 73.6 Å². The van der Waals surface area contributed by atoms with Crippen LogP contribution in [0.25, 0.3) is 0 Å². The molecule has 1 aliphatic heterocycles. The summed E-state index contributed by atoms with van der Waals surface area (Å²) in [6.45, 7) is 3.42. The monoisotopic (exact) mass is 216 g/mol. The molecule has 1 aliphatic rings. The van der Waals surface area contributed by atoms with E-state index in [9.17, 15) is 5.11 Å². The average molecular weight is 215 g/mol. The molecule has 60 valence electrons. The molecule has 0 aromatic rings. The summed E-state index contributed by atoms with van der Waals surface area (Å²) in [6, 6.07) is 0.